The van der Waals surface area contributed by atoms with Crippen LogP contribution < -0.4 is 5.46 Å². The Hall–Kier alpha value is -1.28. The van der Waals surface area contributed by atoms with Crippen LogP contribution >= 0.6 is 0 Å². The third-order valence-electron chi connectivity index (χ3n) is 6.34. The van der Waals surface area contributed by atoms with Gasteiger partial charge in [-0.15, -0.1) is 0 Å². The first kappa shape index (κ1) is 16.6. The standard InChI is InChI=1S/C18H28BN3O/c1-17(2)13-19(23-18(17,3)4)15-11-21-22(12-15)16(9-10-20)14-7-5-6-8-14/h11-12,14,16H,5-9,13H2,1-4H3. The van der Waals surface area contributed by atoms with Gasteiger partial charge in [0.25, 0.3) is 0 Å². The van der Waals surface area contributed by atoms with Gasteiger partial charge in [0.1, 0.15) is 0 Å². The first-order chi connectivity index (χ1) is 10.8. The zero-order valence-corrected chi connectivity index (χ0v) is 14.9. The zero-order valence-electron chi connectivity index (χ0n) is 14.9. The third kappa shape index (κ3) is 3.06. The van der Waals surface area contributed by atoms with E-state index in [1.807, 2.05) is 10.9 Å². The van der Waals surface area contributed by atoms with E-state index in [0.717, 1.165) is 11.8 Å². The summed E-state index contributed by atoms with van der Waals surface area (Å²) in [5.74, 6) is 0.597. The highest BCUT2D eigenvalue weighted by Gasteiger charge is 2.50. The van der Waals surface area contributed by atoms with Crippen molar-refractivity contribution in [2.24, 2.45) is 11.3 Å². The molecule has 0 N–H and O–H groups in total. The van der Waals surface area contributed by atoms with Gasteiger partial charge in [0, 0.05) is 12.4 Å². The predicted octanol–water partition coefficient (Wildman–Crippen LogP) is 3.56. The lowest BCUT2D eigenvalue weighted by Gasteiger charge is -2.34. The predicted molar refractivity (Wildman–Crippen MR) is 92.6 cm³/mol. The molecule has 1 aromatic rings. The van der Waals surface area contributed by atoms with Gasteiger partial charge in [-0.05, 0) is 49.8 Å². The van der Waals surface area contributed by atoms with Crippen LogP contribution in [0.2, 0.25) is 6.32 Å². The van der Waals surface area contributed by atoms with E-state index in [9.17, 15) is 5.26 Å². The maximum absolute atomic E-state index is 9.20. The van der Waals surface area contributed by atoms with Crippen LogP contribution in [0.1, 0.15) is 65.8 Å². The smallest absolute Gasteiger partial charge is 0.331 e. The van der Waals surface area contributed by atoms with Crippen molar-refractivity contribution in [2.45, 2.75) is 77.8 Å². The number of rotatable bonds is 4. The molecular formula is C18H28BN3O. The van der Waals surface area contributed by atoms with Crippen LogP contribution in [0.5, 0.6) is 0 Å². The Morgan fingerprint density at radius 3 is 2.65 bits per heavy atom. The number of hydrogen-bond acceptors (Lipinski definition) is 3. The van der Waals surface area contributed by atoms with Crippen LogP contribution in [0.25, 0.3) is 0 Å². The van der Waals surface area contributed by atoms with Crippen molar-refractivity contribution in [1.29, 1.82) is 5.26 Å². The van der Waals surface area contributed by atoms with Gasteiger partial charge in [0.2, 0.25) is 0 Å². The summed E-state index contributed by atoms with van der Waals surface area (Å²) >= 11 is 0. The Kier molecular flexibility index (Phi) is 4.31. The minimum absolute atomic E-state index is 0.111. The molecule has 1 aliphatic heterocycles. The minimum atomic E-state index is -0.128. The van der Waals surface area contributed by atoms with Crippen LogP contribution in [-0.2, 0) is 4.65 Å². The molecule has 23 heavy (non-hydrogen) atoms. The van der Waals surface area contributed by atoms with Crippen LogP contribution in [0.15, 0.2) is 12.4 Å². The average molecular weight is 313 g/mol. The van der Waals surface area contributed by atoms with Crippen LogP contribution in [0.4, 0.5) is 0 Å². The Morgan fingerprint density at radius 2 is 2.09 bits per heavy atom. The molecular weight excluding hydrogens is 285 g/mol. The number of aromatic nitrogens is 2. The summed E-state index contributed by atoms with van der Waals surface area (Å²) in [6, 6.07) is 2.58. The van der Waals surface area contributed by atoms with E-state index in [1.165, 1.54) is 25.7 Å². The summed E-state index contributed by atoms with van der Waals surface area (Å²) in [5, 5.41) is 13.8. The second kappa shape index (κ2) is 5.98. The van der Waals surface area contributed by atoms with Gasteiger partial charge in [0.05, 0.1) is 24.1 Å². The van der Waals surface area contributed by atoms with Crippen molar-refractivity contribution in [3.05, 3.63) is 12.4 Å². The summed E-state index contributed by atoms with van der Waals surface area (Å²) in [6.45, 7) is 9.01. The molecule has 1 saturated heterocycles. The Labute approximate surface area is 140 Å². The fraction of sp³-hybridized carbons (Fsp3) is 0.778. The molecule has 0 spiro atoms. The van der Waals surface area contributed by atoms with Crippen molar-refractivity contribution in [3.63, 3.8) is 0 Å². The molecule has 1 aliphatic carbocycles. The van der Waals surface area contributed by atoms with Crippen LogP contribution in [0, 0.1) is 22.7 Å². The Bertz CT molecular complexity index is 580. The lowest BCUT2D eigenvalue weighted by atomic mass is 9.55. The Balaban J connectivity index is 1.79. The van der Waals surface area contributed by atoms with Crippen LogP contribution in [0.3, 0.4) is 0 Å². The van der Waals surface area contributed by atoms with Gasteiger partial charge in [-0.2, -0.15) is 10.4 Å². The largest absolute Gasteiger partial charge is 0.425 e. The molecule has 2 heterocycles. The summed E-state index contributed by atoms with van der Waals surface area (Å²) < 4.78 is 8.35. The molecule has 0 radical (unpaired) electrons. The molecule has 0 amide bonds. The van der Waals surface area contributed by atoms with Gasteiger partial charge < -0.3 is 4.65 Å². The molecule has 124 valence electrons. The van der Waals surface area contributed by atoms with E-state index in [0.29, 0.717) is 12.3 Å². The monoisotopic (exact) mass is 313 g/mol. The quantitative estimate of drug-likeness (QED) is 0.799. The molecule has 5 heteroatoms. The molecule has 2 aliphatic rings. The van der Waals surface area contributed by atoms with E-state index < -0.39 is 0 Å². The molecule has 1 saturated carbocycles. The lowest BCUT2D eigenvalue weighted by molar-refractivity contribution is 0.0375. The van der Waals surface area contributed by atoms with E-state index in [4.69, 9.17) is 4.65 Å². The number of hydrogen-bond donors (Lipinski definition) is 0. The Morgan fingerprint density at radius 1 is 1.39 bits per heavy atom. The third-order valence-corrected chi connectivity index (χ3v) is 6.34. The van der Waals surface area contributed by atoms with Crippen molar-refractivity contribution in [2.75, 3.05) is 0 Å². The zero-order chi connectivity index (χ0) is 16.7. The SMILES string of the molecule is CC1(C)CB(c2cnn(C(CC#N)C3CCCC3)c2)OC1(C)C. The van der Waals surface area contributed by atoms with Crippen molar-refractivity contribution < 1.29 is 4.65 Å². The molecule has 0 aromatic carbocycles. The average Bonchev–Trinajstić information content (AvgIpc) is 3.17. The maximum atomic E-state index is 9.20. The summed E-state index contributed by atoms with van der Waals surface area (Å²) in [6.07, 6.45) is 10.7. The highest BCUT2D eigenvalue weighted by Crippen LogP contribution is 2.45. The first-order valence-electron chi connectivity index (χ1n) is 8.93. The van der Waals surface area contributed by atoms with E-state index in [1.54, 1.807) is 0 Å². The molecule has 1 aromatic heterocycles. The van der Waals surface area contributed by atoms with Gasteiger partial charge in [0.15, 0.2) is 0 Å². The molecule has 1 atom stereocenters. The van der Waals surface area contributed by atoms with Gasteiger partial charge in [-0.1, -0.05) is 26.7 Å². The minimum Gasteiger partial charge on any atom is -0.425 e. The van der Waals surface area contributed by atoms with E-state index >= 15 is 0 Å². The maximum Gasteiger partial charge on any atom is 0.331 e. The normalized spacial score (nSPS) is 24.7. The van der Waals surface area contributed by atoms with E-state index in [2.05, 4.69) is 45.1 Å². The molecule has 4 nitrogen and oxygen atoms in total. The lowest BCUT2D eigenvalue weighted by Crippen LogP contribution is -2.35. The van der Waals surface area contributed by atoms with Crippen molar-refractivity contribution in [3.8, 4) is 6.07 Å². The first-order valence-corrected chi connectivity index (χ1v) is 8.93. The fourth-order valence-corrected chi connectivity index (χ4v) is 4.06. The topological polar surface area (TPSA) is 50.8 Å². The number of nitrogens with zero attached hydrogens (tertiary/aromatic N) is 3. The molecule has 1 unspecified atom stereocenters. The van der Waals surface area contributed by atoms with Crippen molar-refractivity contribution in [1.82, 2.24) is 9.78 Å². The summed E-state index contributed by atoms with van der Waals surface area (Å²) in [5.41, 5.74) is 1.18. The van der Waals surface area contributed by atoms with Gasteiger partial charge in [-0.3, -0.25) is 4.68 Å². The van der Waals surface area contributed by atoms with E-state index in [-0.39, 0.29) is 24.0 Å². The van der Waals surface area contributed by atoms with Gasteiger partial charge in [-0.25, -0.2) is 0 Å². The fourth-order valence-electron chi connectivity index (χ4n) is 4.06. The second-order valence-corrected chi connectivity index (χ2v) is 8.43. The second-order valence-electron chi connectivity index (χ2n) is 8.43. The van der Waals surface area contributed by atoms with Crippen molar-refractivity contribution >= 4 is 12.4 Å². The highest BCUT2D eigenvalue weighted by atomic mass is 16.5. The summed E-state index contributed by atoms with van der Waals surface area (Å²) in [4.78, 5) is 0. The molecule has 3 rings (SSSR count). The van der Waals surface area contributed by atoms with Crippen LogP contribution in [-0.4, -0.2) is 22.3 Å². The molecule has 0 bridgehead atoms. The molecule has 2 fully saturated rings. The number of nitriles is 1. The highest BCUT2D eigenvalue weighted by molar-refractivity contribution is 6.68. The van der Waals surface area contributed by atoms with Gasteiger partial charge >= 0.3 is 6.92 Å². The summed E-state index contributed by atoms with van der Waals surface area (Å²) in [7, 11) is 0.